The fourth-order valence-electron chi connectivity index (χ4n) is 5.30. The van der Waals surface area contributed by atoms with Gasteiger partial charge in [-0.2, -0.15) is 0 Å². The largest absolute Gasteiger partial charge is 0.392 e. The second-order valence-corrected chi connectivity index (χ2v) is 9.22. The molecule has 2 saturated heterocycles. The number of hydrogen-bond acceptors (Lipinski definition) is 5. The van der Waals surface area contributed by atoms with E-state index < -0.39 is 6.10 Å². The van der Waals surface area contributed by atoms with Crippen LogP contribution in [0.3, 0.4) is 0 Å². The first-order chi connectivity index (χ1) is 14.5. The highest BCUT2D eigenvalue weighted by molar-refractivity contribution is 5.94. The number of nitrogens with zero attached hydrogens (tertiary/aromatic N) is 3. The zero-order chi connectivity index (χ0) is 21.1. The van der Waals surface area contributed by atoms with Gasteiger partial charge in [-0.1, -0.05) is 19.3 Å². The van der Waals surface area contributed by atoms with E-state index in [-0.39, 0.29) is 29.9 Å². The van der Waals surface area contributed by atoms with Crippen LogP contribution >= 0.6 is 0 Å². The second kappa shape index (κ2) is 9.43. The molecule has 2 aliphatic heterocycles. The normalized spacial score (nSPS) is 26.7. The molecule has 30 heavy (non-hydrogen) atoms. The van der Waals surface area contributed by atoms with Gasteiger partial charge in [-0.25, -0.2) is 0 Å². The molecular formula is C23H34N4O3. The van der Waals surface area contributed by atoms with Crippen LogP contribution in [0.5, 0.6) is 0 Å². The van der Waals surface area contributed by atoms with E-state index in [1.165, 1.54) is 19.3 Å². The van der Waals surface area contributed by atoms with Crippen LogP contribution in [0.25, 0.3) is 0 Å². The van der Waals surface area contributed by atoms with Crippen LogP contribution in [0.4, 0.5) is 0 Å². The van der Waals surface area contributed by atoms with E-state index in [9.17, 15) is 14.7 Å². The minimum absolute atomic E-state index is 0.0256. The Balaban J connectivity index is 1.34. The summed E-state index contributed by atoms with van der Waals surface area (Å²) < 4.78 is 0. The molecule has 1 saturated carbocycles. The molecule has 2 amide bonds. The molecule has 0 aromatic carbocycles. The predicted octanol–water partition coefficient (Wildman–Crippen LogP) is 1.88. The van der Waals surface area contributed by atoms with Crippen LogP contribution in [-0.4, -0.2) is 75.6 Å². The van der Waals surface area contributed by atoms with Crippen molar-refractivity contribution >= 4 is 11.8 Å². The fourth-order valence-corrected chi connectivity index (χ4v) is 5.30. The summed E-state index contributed by atoms with van der Waals surface area (Å²) in [4.78, 5) is 34.0. The quantitative estimate of drug-likeness (QED) is 0.786. The lowest BCUT2D eigenvalue weighted by Gasteiger charge is -2.39. The van der Waals surface area contributed by atoms with Gasteiger partial charge in [0.25, 0.3) is 5.91 Å². The Morgan fingerprint density at radius 2 is 1.83 bits per heavy atom. The summed E-state index contributed by atoms with van der Waals surface area (Å²) in [6.07, 6.45) is 10.8. The zero-order valence-corrected chi connectivity index (χ0v) is 17.9. The van der Waals surface area contributed by atoms with Crippen molar-refractivity contribution in [1.29, 1.82) is 0 Å². The van der Waals surface area contributed by atoms with Crippen molar-refractivity contribution in [2.75, 3.05) is 19.6 Å². The average Bonchev–Trinajstić information content (AvgIpc) is 3.16. The number of amides is 2. The number of hydrogen-bond donors (Lipinski definition) is 2. The third-order valence-corrected chi connectivity index (χ3v) is 6.91. The second-order valence-electron chi connectivity index (χ2n) is 9.22. The number of carbonyl (C=O) groups excluding carboxylic acids is 2. The Morgan fingerprint density at radius 3 is 2.53 bits per heavy atom. The Morgan fingerprint density at radius 1 is 1.10 bits per heavy atom. The van der Waals surface area contributed by atoms with E-state index in [0.29, 0.717) is 31.6 Å². The summed E-state index contributed by atoms with van der Waals surface area (Å²) in [6.45, 7) is 3.82. The van der Waals surface area contributed by atoms with Crippen LogP contribution in [-0.2, 0) is 4.79 Å². The van der Waals surface area contributed by atoms with Gasteiger partial charge < -0.3 is 15.3 Å². The average molecular weight is 415 g/mol. The lowest BCUT2D eigenvalue weighted by atomic mass is 9.95. The molecule has 2 atom stereocenters. The van der Waals surface area contributed by atoms with Crippen molar-refractivity contribution in [1.82, 2.24) is 20.1 Å². The van der Waals surface area contributed by atoms with Crippen molar-refractivity contribution in [3.8, 4) is 0 Å². The molecule has 3 heterocycles. The maximum absolute atomic E-state index is 13.0. The van der Waals surface area contributed by atoms with Gasteiger partial charge in [0.1, 0.15) is 0 Å². The number of nitrogens with one attached hydrogen (secondary N) is 1. The third-order valence-electron chi connectivity index (χ3n) is 6.91. The van der Waals surface area contributed by atoms with Crippen molar-refractivity contribution in [2.45, 2.75) is 82.5 Å². The van der Waals surface area contributed by atoms with E-state index in [4.69, 9.17) is 0 Å². The Hall–Kier alpha value is -1.99. The Bertz CT molecular complexity index is 757. The number of rotatable bonds is 4. The maximum atomic E-state index is 13.0. The summed E-state index contributed by atoms with van der Waals surface area (Å²) in [5.74, 6) is 0.0977. The minimum atomic E-state index is -0.454. The van der Waals surface area contributed by atoms with Crippen molar-refractivity contribution in [3.63, 3.8) is 0 Å². The lowest BCUT2D eigenvalue weighted by molar-refractivity contribution is -0.127. The first-order valence-corrected chi connectivity index (χ1v) is 11.5. The summed E-state index contributed by atoms with van der Waals surface area (Å²) in [7, 11) is 0. The number of likely N-dealkylation sites (tertiary alicyclic amines) is 2. The summed E-state index contributed by atoms with van der Waals surface area (Å²) in [5.41, 5.74) is 1.61. The van der Waals surface area contributed by atoms with Crippen LogP contribution in [0.2, 0.25) is 0 Å². The van der Waals surface area contributed by atoms with E-state index in [1.807, 2.05) is 17.9 Å². The first-order valence-electron chi connectivity index (χ1n) is 11.5. The molecule has 0 unspecified atom stereocenters. The number of pyridine rings is 1. The summed E-state index contributed by atoms with van der Waals surface area (Å²) in [6, 6.07) is 2.14. The number of aryl methyl sites for hydroxylation is 1. The zero-order valence-electron chi connectivity index (χ0n) is 17.9. The summed E-state index contributed by atoms with van der Waals surface area (Å²) in [5, 5.41) is 13.5. The molecule has 3 fully saturated rings. The number of aromatic nitrogens is 1. The molecule has 0 spiro atoms. The molecule has 7 nitrogen and oxygen atoms in total. The number of aliphatic hydroxyl groups excluding tert-OH is 1. The highest BCUT2D eigenvalue weighted by Gasteiger charge is 2.41. The third kappa shape index (κ3) is 4.83. The standard InChI is InChI=1S/C23H34N4O3/c1-16-11-17(14-24-13-16)23(30)26-9-7-19(8-10-26)27-15-20(28)12-21(27)22(29)25-18-5-3-2-4-6-18/h11,13-14,18-21,28H,2-10,12,15H2,1H3,(H,25,29)/t20-,21+/m1/s1. The van der Waals surface area contributed by atoms with Gasteiger partial charge >= 0.3 is 0 Å². The van der Waals surface area contributed by atoms with Gasteiger partial charge in [-0.3, -0.25) is 19.5 Å². The van der Waals surface area contributed by atoms with Gasteiger partial charge in [0, 0.05) is 44.1 Å². The Kier molecular flexibility index (Phi) is 6.68. The highest BCUT2D eigenvalue weighted by Crippen LogP contribution is 2.28. The van der Waals surface area contributed by atoms with Crippen LogP contribution in [0, 0.1) is 6.92 Å². The monoisotopic (exact) mass is 414 g/mol. The SMILES string of the molecule is Cc1cncc(C(=O)N2CCC(N3C[C@H](O)C[C@H]3C(=O)NC3CCCCC3)CC2)c1. The van der Waals surface area contributed by atoms with Gasteiger partial charge in [-0.15, -0.1) is 0 Å². The molecule has 0 radical (unpaired) electrons. The minimum Gasteiger partial charge on any atom is -0.392 e. The molecule has 2 N–H and O–H groups in total. The maximum Gasteiger partial charge on any atom is 0.255 e. The van der Waals surface area contributed by atoms with Crippen LogP contribution < -0.4 is 5.32 Å². The molecule has 3 aliphatic rings. The molecular weight excluding hydrogens is 380 g/mol. The summed E-state index contributed by atoms with van der Waals surface area (Å²) >= 11 is 0. The van der Waals surface area contributed by atoms with Crippen LogP contribution in [0.15, 0.2) is 18.5 Å². The van der Waals surface area contributed by atoms with Gasteiger partial charge in [0.15, 0.2) is 0 Å². The van der Waals surface area contributed by atoms with Gasteiger partial charge in [0.2, 0.25) is 5.91 Å². The molecule has 1 aromatic rings. The van der Waals surface area contributed by atoms with E-state index in [2.05, 4.69) is 15.2 Å². The topological polar surface area (TPSA) is 85.8 Å². The van der Waals surface area contributed by atoms with Crippen LogP contribution in [0.1, 0.15) is 67.3 Å². The van der Waals surface area contributed by atoms with E-state index in [1.54, 1.807) is 12.4 Å². The number of carbonyl (C=O) groups is 2. The molecule has 1 aliphatic carbocycles. The van der Waals surface area contributed by atoms with Crippen molar-refractivity contribution in [2.24, 2.45) is 0 Å². The molecule has 1 aromatic heterocycles. The number of aliphatic hydroxyl groups is 1. The lowest BCUT2D eigenvalue weighted by Crippen LogP contribution is -2.53. The highest BCUT2D eigenvalue weighted by atomic mass is 16.3. The van der Waals surface area contributed by atoms with E-state index >= 15 is 0 Å². The predicted molar refractivity (Wildman–Crippen MR) is 114 cm³/mol. The molecule has 164 valence electrons. The molecule has 4 rings (SSSR count). The van der Waals surface area contributed by atoms with Gasteiger partial charge in [-0.05, 0) is 50.7 Å². The van der Waals surface area contributed by atoms with Crippen molar-refractivity contribution in [3.05, 3.63) is 29.6 Å². The fraction of sp³-hybridized carbons (Fsp3) is 0.696. The van der Waals surface area contributed by atoms with Gasteiger partial charge in [0.05, 0.1) is 17.7 Å². The Labute approximate surface area is 178 Å². The number of piperidine rings is 1. The van der Waals surface area contributed by atoms with E-state index in [0.717, 1.165) is 31.2 Å². The number of β-amino-alcohol motifs (C(OH)–C–C–N with tert-alkyl or cyclic N) is 1. The smallest absolute Gasteiger partial charge is 0.255 e. The first kappa shape index (κ1) is 21.2. The van der Waals surface area contributed by atoms with Crippen molar-refractivity contribution < 1.29 is 14.7 Å². The molecule has 0 bridgehead atoms. The molecule has 7 heteroatoms.